The second-order valence-electron chi connectivity index (χ2n) is 4.98. The van der Waals surface area contributed by atoms with Crippen molar-refractivity contribution in [3.8, 4) is 0 Å². The molecule has 0 aromatic rings. The lowest BCUT2D eigenvalue weighted by Crippen LogP contribution is -2.40. The summed E-state index contributed by atoms with van der Waals surface area (Å²) in [6, 6.07) is 0. The molecule has 2 unspecified atom stereocenters. The van der Waals surface area contributed by atoms with Gasteiger partial charge in [0, 0.05) is 18.6 Å². The van der Waals surface area contributed by atoms with E-state index in [0.29, 0.717) is 11.6 Å². The van der Waals surface area contributed by atoms with Crippen LogP contribution >= 0.6 is 0 Å². The molecule has 2 heteroatoms. The number of likely N-dealkylation sites (tertiary alicyclic amines) is 1. The third-order valence-corrected chi connectivity index (χ3v) is 3.06. The lowest BCUT2D eigenvalue weighted by atomic mass is 9.98. The van der Waals surface area contributed by atoms with Crippen LogP contribution in [0.2, 0.25) is 0 Å². The molecular weight excluding hydrogens is 150 g/mol. The van der Waals surface area contributed by atoms with Gasteiger partial charge in [-0.1, -0.05) is 6.92 Å². The zero-order valence-electron chi connectivity index (χ0n) is 8.34. The summed E-state index contributed by atoms with van der Waals surface area (Å²) in [6.45, 7) is 10.4. The molecule has 0 aromatic carbocycles. The minimum atomic E-state index is 0.408. The third kappa shape index (κ3) is 1.64. The van der Waals surface area contributed by atoms with E-state index in [9.17, 15) is 0 Å². The quantitative estimate of drug-likeness (QED) is 0.582. The molecule has 0 aromatic heterocycles. The molecule has 2 rings (SSSR count). The Labute approximate surface area is 74.9 Å². The highest BCUT2D eigenvalue weighted by Gasteiger charge is 2.39. The number of nitrogens with zero attached hydrogens (tertiary/aromatic N) is 1. The molecule has 0 bridgehead atoms. The topological polar surface area (TPSA) is 15.8 Å². The largest absolute Gasteiger partial charge is 0.372 e. The van der Waals surface area contributed by atoms with E-state index in [4.69, 9.17) is 4.74 Å². The van der Waals surface area contributed by atoms with Crippen molar-refractivity contribution in [3.63, 3.8) is 0 Å². The Bertz CT molecular complexity index is 175. The molecule has 2 heterocycles. The standard InChI is InChI=1S/C10H19NO/c1-8-4-10(2,3)11(5-8)6-9-7-12-9/h8-9H,4-7H2,1-3H3. The van der Waals surface area contributed by atoms with Gasteiger partial charge in [-0.3, -0.25) is 4.90 Å². The molecule has 0 radical (unpaired) electrons. The van der Waals surface area contributed by atoms with E-state index in [2.05, 4.69) is 25.7 Å². The summed E-state index contributed by atoms with van der Waals surface area (Å²) >= 11 is 0. The molecule has 2 fully saturated rings. The molecule has 2 nitrogen and oxygen atoms in total. The Morgan fingerprint density at radius 2 is 2.17 bits per heavy atom. The summed E-state index contributed by atoms with van der Waals surface area (Å²) in [5.41, 5.74) is 0.408. The second kappa shape index (κ2) is 2.71. The predicted molar refractivity (Wildman–Crippen MR) is 49.2 cm³/mol. The lowest BCUT2D eigenvalue weighted by molar-refractivity contribution is 0.159. The molecule has 70 valence electrons. The van der Waals surface area contributed by atoms with E-state index in [-0.39, 0.29) is 0 Å². The maximum atomic E-state index is 5.26. The number of hydrogen-bond donors (Lipinski definition) is 0. The van der Waals surface area contributed by atoms with Crippen LogP contribution in [0, 0.1) is 5.92 Å². The summed E-state index contributed by atoms with van der Waals surface area (Å²) in [7, 11) is 0. The molecule has 0 spiro atoms. The molecule has 0 N–H and O–H groups in total. The van der Waals surface area contributed by atoms with Gasteiger partial charge in [0.1, 0.15) is 0 Å². The van der Waals surface area contributed by atoms with Crippen molar-refractivity contribution in [1.82, 2.24) is 4.90 Å². The molecular formula is C10H19NO. The highest BCUT2D eigenvalue weighted by molar-refractivity contribution is 4.93. The first-order chi connectivity index (χ1) is 5.58. The van der Waals surface area contributed by atoms with Gasteiger partial charge in [-0.25, -0.2) is 0 Å². The monoisotopic (exact) mass is 169 g/mol. The molecule has 2 aliphatic heterocycles. The van der Waals surface area contributed by atoms with E-state index >= 15 is 0 Å². The Kier molecular flexibility index (Phi) is 1.92. The summed E-state index contributed by atoms with van der Waals surface area (Å²) < 4.78 is 5.26. The molecule has 2 atom stereocenters. The minimum absolute atomic E-state index is 0.408. The highest BCUT2D eigenvalue weighted by atomic mass is 16.6. The van der Waals surface area contributed by atoms with Crippen LogP contribution in [-0.4, -0.2) is 36.2 Å². The normalized spacial score (nSPS) is 40.2. The van der Waals surface area contributed by atoms with Crippen molar-refractivity contribution >= 4 is 0 Å². The minimum Gasteiger partial charge on any atom is -0.372 e. The fourth-order valence-electron chi connectivity index (χ4n) is 2.41. The Balaban J connectivity index is 1.93. The van der Waals surface area contributed by atoms with Gasteiger partial charge in [0.2, 0.25) is 0 Å². The summed E-state index contributed by atoms with van der Waals surface area (Å²) in [5.74, 6) is 0.860. The van der Waals surface area contributed by atoms with Gasteiger partial charge in [-0.15, -0.1) is 0 Å². The van der Waals surface area contributed by atoms with Gasteiger partial charge in [-0.05, 0) is 26.2 Å². The van der Waals surface area contributed by atoms with Crippen LogP contribution in [-0.2, 0) is 4.74 Å². The van der Waals surface area contributed by atoms with Crippen molar-refractivity contribution in [2.45, 2.75) is 38.8 Å². The molecule has 12 heavy (non-hydrogen) atoms. The van der Waals surface area contributed by atoms with E-state index in [1.54, 1.807) is 0 Å². The van der Waals surface area contributed by atoms with Crippen molar-refractivity contribution in [3.05, 3.63) is 0 Å². The van der Waals surface area contributed by atoms with Crippen LogP contribution in [0.5, 0.6) is 0 Å². The predicted octanol–water partition coefficient (Wildman–Crippen LogP) is 1.51. The second-order valence-corrected chi connectivity index (χ2v) is 4.98. The summed E-state index contributed by atoms with van der Waals surface area (Å²) in [5, 5.41) is 0. The number of rotatable bonds is 2. The highest BCUT2D eigenvalue weighted by Crippen LogP contribution is 2.33. The van der Waals surface area contributed by atoms with E-state index in [1.165, 1.54) is 13.0 Å². The zero-order chi connectivity index (χ0) is 8.77. The molecule has 0 aliphatic carbocycles. The average molecular weight is 169 g/mol. The van der Waals surface area contributed by atoms with Crippen LogP contribution in [0.3, 0.4) is 0 Å². The fourth-order valence-corrected chi connectivity index (χ4v) is 2.41. The van der Waals surface area contributed by atoms with Gasteiger partial charge in [0.15, 0.2) is 0 Å². The van der Waals surface area contributed by atoms with Crippen LogP contribution in [0.25, 0.3) is 0 Å². The van der Waals surface area contributed by atoms with Crippen molar-refractivity contribution in [1.29, 1.82) is 0 Å². The maximum absolute atomic E-state index is 5.26. The molecule has 2 saturated heterocycles. The zero-order valence-corrected chi connectivity index (χ0v) is 8.34. The summed E-state index contributed by atoms with van der Waals surface area (Å²) in [6.07, 6.45) is 1.88. The van der Waals surface area contributed by atoms with Gasteiger partial charge in [0.05, 0.1) is 12.7 Å². The first-order valence-corrected chi connectivity index (χ1v) is 4.94. The van der Waals surface area contributed by atoms with E-state index < -0.39 is 0 Å². The Morgan fingerprint density at radius 1 is 1.50 bits per heavy atom. The van der Waals surface area contributed by atoms with Crippen LogP contribution in [0.15, 0.2) is 0 Å². The molecule has 0 amide bonds. The van der Waals surface area contributed by atoms with Gasteiger partial charge >= 0.3 is 0 Å². The Morgan fingerprint density at radius 3 is 2.58 bits per heavy atom. The van der Waals surface area contributed by atoms with Crippen molar-refractivity contribution in [2.75, 3.05) is 19.7 Å². The molecule has 2 aliphatic rings. The maximum Gasteiger partial charge on any atom is 0.0936 e. The Hall–Kier alpha value is -0.0800. The van der Waals surface area contributed by atoms with Crippen LogP contribution < -0.4 is 0 Å². The number of hydrogen-bond acceptors (Lipinski definition) is 2. The summed E-state index contributed by atoms with van der Waals surface area (Å²) in [4.78, 5) is 2.58. The van der Waals surface area contributed by atoms with Gasteiger partial charge in [0.25, 0.3) is 0 Å². The SMILES string of the molecule is CC1CN(CC2CO2)C(C)(C)C1. The van der Waals surface area contributed by atoms with Crippen LogP contribution in [0.1, 0.15) is 27.2 Å². The number of ether oxygens (including phenoxy) is 1. The van der Waals surface area contributed by atoms with Crippen molar-refractivity contribution < 1.29 is 4.74 Å². The molecule has 0 saturated carbocycles. The average Bonchev–Trinajstić information content (AvgIpc) is 2.63. The van der Waals surface area contributed by atoms with Gasteiger partial charge < -0.3 is 4.74 Å². The third-order valence-electron chi connectivity index (χ3n) is 3.06. The van der Waals surface area contributed by atoms with Gasteiger partial charge in [-0.2, -0.15) is 0 Å². The number of epoxide rings is 1. The first-order valence-electron chi connectivity index (χ1n) is 4.94. The van der Waals surface area contributed by atoms with E-state index in [1.807, 2.05) is 0 Å². The fraction of sp³-hybridized carbons (Fsp3) is 1.00. The first kappa shape index (κ1) is 8.52. The lowest BCUT2D eigenvalue weighted by Gasteiger charge is -2.30. The van der Waals surface area contributed by atoms with Crippen molar-refractivity contribution in [2.24, 2.45) is 5.92 Å². The van der Waals surface area contributed by atoms with E-state index in [0.717, 1.165) is 19.1 Å². The smallest absolute Gasteiger partial charge is 0.0936 e. The van der Waals surface area contributed by atoms with Crippen LogP contribution in [0.4, 0.5) is 0 Å².